The number of hydrogen-bond acceptors (Lipinski definition) is 3. The maximum Gasteiger partial charge on any atom is 0.248 e. The SMILES string of the molecule is CC[C@@H](C(=O)Nc1ccc(Br)c(C)c1)N(c1cccc(Cl)c1)S(C)(=O)=O. The van der Waals surface area contributed by atoms with Crippen LogP contribution in [0.4, 0.5) is 11.4 Å². The second-order valence-electron chi connectivity index (χ2n) is 5.92. The molecule has 0 radical (unpaired) electrons. The van der Waals surface area contributed by atoms with E-state index in [9.17, 15) is 13.2 Å². The first kappa shape index (κ1) is 20.7. The van der Waals surface area contributed by atoms with Gasteiger partial charge in [0.2, 0.25) is 15.9 Å². The quantitative estimate of drug-likeness (QED) is 0.687. The Bertz CT molecular complexity index is 918. The van der Waals surface area contributed by atoms with Gasteiger partial charge in [0, 0.05) is 15.2 Å². The van der Waals surface area contributed by atoms with Crippen molar-refractivity contribution in [1.82, 2.24) is 0 Å². The van der Waals surface area contributed by atoms with E-state index >= 15 is 0 Å². The average molecular weight is 460 g/mol. The van der Waals surface area contributed by atoms with Crippen molar-refractivity contribution in [3.05, 3.63) is 57.5 Å². The fourth-order valence-electron chi connectivity index (χ4n) is 2.62. The molecule has 0 spiro atoms. The van der Waals surface area contributed by atoms with Crippen LogP contribution in [-0.2, 0) is 14.8 Å². The first-order chi connectivity index (χ1) is 12.1. The van der Waals surface area contributed by atoms with Crippen LogP contribution < -0.4 is 9.62 Å². The molecule has 0 aliphatic rings. The third-order valence-electron chi connectivity index (χ3n) is 3.82. The van der Waals surface area contributed by atoms with E-state index in [2.05, 4.69) is 21.2 Å². The molecule has 5 nitrogen and oxygen atoms in total. The molecule has 1 N–H and O–H groups in total. The van der Waals surface area contributed by atoms with E-state index in [-0.39, 0.29) is 0 Å². The predicted octanol–water partition coefficient (Wildman–Crippen LogP) is 4.59. The van der Waals surface area contributed by atoms with Crippen molar-refractivity contribution in [3.63, 3.8) is 0 Å². The summed E-state index contributed by atoms with van der Waals surface area (Å²) < 4.78 is 26.8. The highest BCUT2D eigenvalue weighted by molar-refractivity contribution is 9.10. The number of halogens is 2. The maximum absolute atomic E-state index is 12.8. The molecule has 2 aromatic carbocycles. The average Bonchev–Trinajstić information content (AvgIpc) is 2.54. The number of amides is 1. The Morgan fingerprint density at radius 3 is 2.50 bits per heavy atom. The fraction of sp³-hybridized carbons (Fsp3) is 0.278. The minimum absolute atomic E-state index is 0.306. The molecule has 1 atom stereocenters. The van der Waals surface area contributed by atoms with Crippen LogP contribution in [0.2, 0.25) is 5.02 Å². The molecule has 0 heterocycles. The van der Waals surface area contributed by atoms with Gasteiger partial charge in [0.25, 0.3) is 0 Å². The summed E-state index contributed by atoms with van der Waals surface area (Å²) >= 11 is 9.41. The zero-order chi connectivity index (χ0) is 19.5. The summed E-state index contributed by atoms with van der Waals surface area (Å²) in [5, 5.41) is 3.20. The molecule has 26 heavy (non-hydrogen) atoms. The molecular formula is C18H20BrClN2O3S. The van der Waals surface area contributed by atoms with Crippen molar-refractivity contribution in [2.75, 3.05) is 15.9 Å². The second-order valence-corrected chi connectivity index (χ2v) is 9.07. The van der Waals surface area contributed by atoms with Gasteiger partial charge in [0.15, 0.2) is 0 Å². The van der Waals surface area contributed by atoms with Gasteiger partial charge in [-0.15, -0.1) is 0 Å². The summed E-state index contributed by atoms with van der Waals surface area (Å²) in [4.78, 5) is 12.8. The Hall–Kier alpha value is -1.57. The van der Waals surface area contributed by atoms with Crippen LogP contribution in [0, 0.1) is 6.92 Å². The normalized spacial score (nSPS) is 12.5. The lowest BCUT2D eigenvalue weighted by Crippen LogP contribution is -2.47. The van der Waals surface area contributed by atoms with E-state index in [1.54, 1.807) is 31.2 Å². The third kappa shape index (κ3) is 4.99. The van der Waals surface area contributed by atoms with E-state index in [0.717, 1.165) is 20.6 Å². The summed E-state index contributed by atoms with van der Waals surface area (Å²) in [5.74, 6) is -0.403. The highest BCUT2D eigenvalue weighted by atomic mass is 79.9. The Morgan fingerprint density at radius 2 is 1.96 bits per heavy atom. The standard InChI is InChI=1S/C18H20BrClN2O3S/c1-4-17(18(23)21-14-8-9-16(19)12(2)10-14)22(26(3,24)25)15-7-5-6-13(20)11-15/h5-11,17H,4H2,1-3H3,(H,21,23)/t17-/m0/s1. The largest absolute Gasteiger partial charge is 0.324 e. The highest BCUT2D eigenvalue weighted by Gasteiger charge is 2.31. The van der Waals surface area contributed by atoms with Crippen molar-refractivity contribution in [2.45, 2.75) is 26.3 Å². The lowest BCUT2D eigenvalue weighted by Gasteiger charge is -2.30. The number of carbonyl (C=O) groups is 1. The number of hydrogen-bond donors (Lipinski definition) is 1. The molecule has 1 amide bonds. The van der Waals surface area contributed by atoms with Crippen molar-refractivity contribution < 1.29 is 13.2 Å². The smallest absolute Gasteiger partial charge is 0.248 e. The van der Waals surface area contributed by atoms with E-state index in [1.807, 2.05) is 19.1 Å². The highest BCUT2D eigenvalue weighted by Crippen LogP contribution is 2.26. The number of rotatable bonds is 6. The van der Waals surface area contributed by atoms with Crippen LogP contribution >= 0.6 is 27.5 Å². The number of aryl methyl sites for hydroxylation is 1. The van der Waals surface area contributed by atoms with Crippen LogP contribution in [0.25, 0.3) is 0 Å². The van der Waals surface area contributed by atoms with E-state index in [1.165, 1.54) is 6.07 Å². The lowest BCUT2D eigenvalue weighted by molar-refractivity contribution is -0.117. The lowest BCUT2D eigenvalue weighted by atomic mass is 10.1. The van der Waals surface area contributed by atoms with E-state index in [0.29, 0.717) is 22.8 Å². The first-order valence-electron chi connectivity index (χ1n) is 7.95. The Labute approximate surface area is 167 Å². The zero-order valence-corrected chi connectivity index (χ0v) is 17.8. The van der Waals surface area contributed by atoms with Gasteiger partial charge in [0.05, 0.1) is 11.9 Å². The molecule has 8 heteroatoms. The summed E-state index contributed by atoms with van der Waals surface area (Å²) in [5.41, 5.74) is 1.92. The van der Waals surface area contributed by atoms with Gasteiger partial charge in [0.1, 0.15) is 6.04 Å². The van der Waals surface area contributed by atoms with Crippen molar-refractivity contribution in [2.24, 2.45) is 0 Å². The topological polar surface area (TPSA) is 66.5 Å². The Morgan fingerprint density at radius 1 is 1.27 bits per heavy atom. The molecular weight excluding hydrogens is 440 g/mol. The molecule has 0 saturated carbocycles. The molecule has 2 rings (SSSR count). The molecule has 0 unspecified atom stereocenters. The summed E-state index contributed by atoms with van der Waals surface area (Å²) in [6, 6.07) is 11.0. The van der Waals surface area contributed by atoms with Gasteiger partial charge in [-0.25, -0.2) is 8.42 Å². The molecule has 0 bridgehead atoms. The minimum Gasteiger partial charge on any atom is -0.324 e. The first-order valence-corrected chi connectivity index (χ1v) is 11.0. The van der Waals surface area contributed by atoms with Crippen LogP contribution in [0.5, 0.6) is 0 Å². The fourth-order valence-corrected chi connectivity index (χ4v) is 4.26. The van der Waals surface area contributed by atoms with Crippen molar-refractivity contribution in [3.8, 4) is 0 Å². The number of anilines is 2. The molecule has 0 aliphatic carbocycles. The maximum atomic E-state index is 12.8. The van der Waals surface area contributed by atoms with Gasteiger partial charge in [-0.3, -0.25) is 9.10 Å². The molecule has 0 aromatic heterocycles. The second kappa shape index (κ2) is 8.41. The summed E-state index contributed by atoms with van der Waals surface area (Å²) in [6.07, 6.45) is 1.38. The third-order valence-corrected chi connectivity index (χ3v) is 6.12. The number of sulfonamides is 1. The number of nitrogens with one attached hydrogen (secondary N) is 1. The van der Waals surface area contributed by atoms with Crippen molar-refractivity contribution >= 4 is 54.8 Å². The summed E-state index contributed by atoms with van der Waals surface area (Å²) in [7, 11) is -3.69. The van der Waals surface area contributed by atoms with Gasteiger partial charge >= 0.3 is 0 Å². The number of carbonyl (C=O) groups excluding carboxylic acids is 1. The number of benzene rings is 2. The van der Waals surface area contributed by atoms with E-state index < -0.39 is 22.0 Å². The predicted molar refractivity (Wildman–Crippen MR) is 110 cm³/mol. The molecule has 2 aromatic rings. The van der Waals surface area contributed by atoms with Crippen LogP contribution in [0.15, 0.2) is 46.9 Å². The number of nitrogens with zero attached hydrogens (tertiary/aromatic N) is 1. The minimum atomic E-state index is -3.69. The molecule has 0 saturated heterocycles. The monoisotopic (exact) mass is 458 g/mol. The molecule has 0 fully saturated rings. The van der Waals surface area contributed by atoms with Crippen LogP contribution in [0.3, 0.4) is 0 Å². The van der Waals surface area contributed by atoms with Gasteiger partial charge in [-0.05, 0) is 55.3 Å². The van der Waals surface area contributed by atoms with Crippen LogP contribution in [-0.4, -0.2) is 26.6 Å². The van der Waals surface area contributed by atoms with Gasteiger partial charge < -0.3 is 5.32 Å². The van der Waals surface area contributed by atoms with Gasteiger partial charge in [-0.1, -0.05) is 40.5 Å². The molecule has 140 valence electrons. The molecule has 0 aliphatic heterocycles. The van der Waals surface area contributed by atoms with Crippen LogP contribution in [0.1, 0.15) is 18.9 Å². The van der Waals surface area contributed by atoms with Gasteiger partial charge in [-0.2, -0.15) is 0 Å². The van der Waals surface area contributed by atoms with E-state index in [4.69, 9.17) is 11.6 Å². The Kier molecular flexibility index (Phi) is 6.71. The summed E-state index contributed by atoms with van der Waals surface area (Å²) in [6.45, 7) is 3.67. The Balaban J connectivity index is 2.38. The zero-order valence-electron chi connectivity index (χ0n) is 14.7. The van der Waals surface area contributed by atoms with Crippen molar-refractivity contribution in [1.29, 1.82) is 0 Å².